The Balaban J connectivity index is 1.84. The van der Waals surface area contributed by atoms with Gasteiger partial charge in [0.25, 0.3) is 11.8 Å². The first-order valence-electron chi connectivity index (χ1n) is 7.80. The number of anilines is 1. The summed E-state index contributed by atoms with van der Waals surface area (Å²) in [5.74, 6) is -0.668. The summed E-state index contributed by atoms with van der Waals surface area (Å²) in [4.78, 5) is 26.5. The molecule has 1 aromatic rings. The zero-order chi connectivity index (χ0) is 16.6. The summed E-state index contributed by atoms with van der Waals surface area (Å²) in [6.07, 6.45) is 5.02. The summed E-state index contributed by atoms with van der Waals surface area (Å²) >= 11 is 8.41. The maximum atomic E-state index is 12.7. The van der Waals surface area contributed by atoms with Crippen LogP contribution in [-0.2, 0) is 9.59 Å². The number of carbonyl (C=O) groups excluding carboxylic acids is 2. The van der Waals surface area contributed by atoms with Crippen LogP contribution in [0, 0.1) is 10.5 Å². The Morgan fingerprint density at radius 2 is 1.87 bits per heavy atom. The zero-order valence-electron chi connectivity index (χ0n) is 12.9. The molecule has 3 rings (SSSR count). The third-order valence-corrected chi connectivity index (χ3v) is 5.47. The number of rotatable bonds is 3. The van der Waals surface area contributed by atoms with Crippen LogP contribution in [0.2, 0.25) is 0 Å². The Kier molecular flexibility index (Phi) is 4.96. The predicted molar refractivity (Wildman–Crippen MR) is 99.1 cm³/mol. The van der Waals surface area contributed by atoms with E-state index < -0.39 is 0 Å². The predicted octanol–water partition coefficient (Wildman–Crippen LogP) is 4.16. The minimum absolute atomic E-state index is 0.00137. The first-order chi connectivity index (χ1) is 11.0. The van der Waals surface area contributed by atoms with Crippen molar-refractivity contribution < 1.29 is 9.59 Å². The van der Waals surface area contributed by atoms with E-state index in [-0.39, 0.29) is 28.6 Å². The standard InChI is InChI=1S/C17H18ClIN2O2/c1-10-9-11(19)7-8-13(10)20-15-14(18)16(22)21(17(15)23)12-5-3-2-4-6-12/h7-9,12,20H,2-6H2,1H3. The van der Waals surface area contributed by atoms with Crippen LogP contribution >= 0.6 is 34.2 Å². The van der Waals surface area contributed by atoms with Gasteiger partial charge in [-0.2, -0.15) is 0 Å². The number of aryl methyl sites for hydroxylation is 1. The van der Waals surface area contributed by atoms with Crippen molar-refractivity contribution in [1.82, 2.24) is 4.90 Å². The first kappa shape index (κ1) is 16.8. The van der Waals surface area contributed by atoms with Crippen LogP contribution in [-0.4, -0.2) is 22.8 Å². The van der Waals surface area contributed by atoms with Gasteiger partial charge in [0.15, 0.2) is 0 Å². The Bertz CT molecular complexity index is 696. The van der Waals surface area contributed by atoms with Gasteiger partial charge in [-0.15, -0.1) is 0 Å². The van der Waals surface area contributed by atoms with Gasteiger partial charge < -0.3 is 5.32 Å². The van der Waals surface area contributed by atoms with Crippen molar-refractivity contribution in [3.05, 3.63) is 38.1 Å². The molecule has 2 amide bonds. The molecular formula is C17H18ClIN2O2. The number of nitrogens with zero attached hydrogens (tertiary/aromatic N) is 1. The van der Waals surface area contributed by atoms with Crippen molar-refractivity contribution in [1.29, 1.82) is 0 Å². The fourth-order valence-corrected chi connectivity index (χ4v) is 4.07. The quantitative estimate of drug-likeness (QED) is 0.562. The fourth-order valence-electron chi connectivity index (χ4n) is 3.20. The summed E-state index contributed by atoms with van der Waals surface area (Å²) < 4.78 is 1.11. The molecule has 1 aliphatic carbocycles. The van der Waals surface area contributed by atoms with Crippen molar-refractivity contribution in [2.24, 2.45) is 0 Å². The highest BCUT2D eigenvalue weighted by atomic mass is 127. The number of hydrogen-bond donors (Lipinski definition) is 1. The van der Waals surface area contributed by atoms with E-state index in [1.165, 1.54) is 11.3 Å². The zero-order valence-corrected chi connectivity index (χ0v) is 15.8. The summed E-state index contributed by atoms with van der Waals surface area (Å²) in [6, 6.07) is 5.84. The molecule has 1 aliphatic heterocycles. The fraction of sp³-hybridized carbons (Fsp3) is 0.412. The van der Waals surface area contributed by atoms with Crippen LogP contribution in [0.5, 0.6) is 0 Å². The molecule has 1 aromatic carbocycles. The second kappa shape index (κ2) is 6.81. The van der Waals surface area contributed by atoms with Crippen molar-refractivity contribution in [2.75, 3.05) is 5.32 Å². The van der Waals surface area contributed by atoms with Gasteiger partial charge in [-0.3, -0.25) is 14.5 Å². The molecule has 1 fully saturated rings. The van der Waals surface area contributed by atoms with Gasteiger partial charge in [-0.1, -0.05) is 30.9 Å². The number of halogens is 2. The molecule has 2 aliphatic rings. The van der Waals surface area contributed by atoms with Crippen molar-refractivity contribution >= 4 is 51.7 Å². The molecule has 4 nitrogen and oxygen atoms in total. The Morgan fingerprint density at radius 3 is 2.52 bits per heavy atom. The maximum Gasteiger partial charge on any atom is 0.279 e. The molecule has 0 bridgehead atoms. The Hall–Kier alpha value is -1.08. The number of nitrogens with one attached hydrogen (secondary N) is 1. The third-order valence-electron chi connectivity index (χ3n) is 4.45. The molecule has 1 saturated carbocycles. The lowest BCUT2D eigenvalue weighted by Crippen LogP contribution is -2.42. The molecule has 0 atom stereocenters. The topological polar surface area (TPSA) is 49.4 Å². The highest BCUT2D eigenvalue weighted by Gasteiger charge is 2.42. The van der Waals surface area contributed by atoms with Gasteiger partial charge >= 0.3 is 0 Å². The van der Waals surface area contributed by atoms with Crippen LogP contribution in [0.4, 0.5) is 5.69 Å². The van der Waals surface area contributed by atoms with Gasteiger partial charge in [0.1, 0.15) is 10.7 Å². The van der Waals surface area contributed by atoms with Crippen LogP contribution in [0.1, 0.15) is 37.7 Å². The highest BCUT2D eigenvalue weighted by molar-refractivity contribution is 14.1. The van der Waals surface area contributed by atoms with E-state index in [0.29, 0.717) is 0 Å². The summed E-state index contributed by atoms with van der Waals surface area (Å²) in [5, 5.41) is 3.07. The normalized spacial score (nSPS) is 19.7. The molecule has 0 aromatic heterocycles. The Labute approximate surface area is 154 Å². The summed E-state index contributed by atoms with van der Waals surface area (Å²) in [6.45, 7) is 1.96. The molecule has 0 unspecified atom stereocenters. The van der Waals surface area contributed by atoms with Crippen LogP contribution in [0.25, 0.3) is 0 Å². The first-order valence-corrected chi connectivity index (χ1v) is 9.25. The molecule has 1 heterocycles. The molecule has 0 spiro atoms. The van der Waals surface area contributed by atoms with E-state index in [1.54, 1.807) is 0 Å². The van der Waals surface area contributed by atoms with E-state index in [0.717, 1.165) is 40.5 Å². The van der Waals surface area contributed by atoms with Crippen molar-refractivity contribution in [3.8, 4) is 0 Å². The van der Waals surface area contributed by atoms with Crippen LogP contribution in [0.3, 0.4) is 0 Å². The maximum absolute atomic E-state index is 12.7. The molecule has 6 heteroatoms. The lowest BCUT2D eigenvalue weighted by Gasteiger charge is -2.29. The molecule has 0 radical (unpaired) electrons. The van der Waals surface area contributed by atoms with Crippen molar-refractivity contribution in [3.63, 3.8) is 0 Å². The summed E-state index contributed by atoms with van der Waals surface area (Å²) in [5.41, 5.74) is 2.00. The number of imide groups is 1. The largest absolute Gasteiger partial charge is 0.349 e. The molecule has 1 N–H and O–H groups in total. The number of carbonyl (C=O) groups is 2. The van der Waals surface area contributed by atoms with Gasteiger partial charge in [0.05, 0.1) is 0 Å². The van der Waals surface area contributed by atoms with Crippen molar-refractivity contribution in [2.45, 2.75) is 45.1 Å². The van der Waals surface area contributed by atoms with E-state index >= 15 is 0 Å². The lowest BCUT2D eigenvalue weighted by molar-refractivity contribution is -0.140. The minimum Gasteiger partial charge on any atom is -0.349 e. The highest BCUT2D eigenvalue weighted by Crippen LogP contribution is 2.32. The second-order valence-corrected chi connectivity index (χ2v) is 7.67. The molecule has 122 valence electrons. The van der Waals surface area contributed by atoms with Crippen LogP contribution < -0.4 is 5.32 Å². The van der Waals surface area contributed by atoms with E-state index in [9.17, 15) is 9.59 Å². The van der Waals surface area contributed by atoms with E-state index in [1.807, 2.05) is 25.1 Å². The average Bonchev–Trinajstić information content (AvgIpc) is 2.74. The molecule has 23 heavy (non-hydrogen) atoms. The van der Waals surface area contributed by atoms with Gasteiger partial charge in [-0.05, 0) is 66.1 Å². The minimum atomic E-state index is -0.366. The monoisotopic (exact) mass is 444 g/mol. The van der Waals surface area contributed by atoms with Crippen LogP contribution in [0.15, 0.2) is 28.9 Å². The lowest BCUT2D eigenvalue weighted by atomic mass is 9.94. The van der Waals surface area contributed by atoms with Gasteiger partial charge in [0, 0.05) is 15.3 Å². The second-order valence-electron chi connectivity index (χ2n) is 6.05. The number of amides is 2. The summed E-state index contributed by atoms with van der Waals surface area (Å²) in [7, 11) is 0. The smallest absolute Gasteiger partial charge is 0.279 e. The molecule has 0 saturated heterocycles. The third kappa shape index (κ3) is 3.26. The van der Waals surface area contributed by atoms with E-state index in [2.05, 4.69) is 27.9 Å². The van der Waals surface area contributed by atoms with Gasteiger partial charge in [0.2, 0.25) is 0 Å². The van der Waals surface area contributed by atoms with E-state index in [4.69, 9.17) is 11.6 Å². The average molecular weight is 445 g/mol. The number of hydrogen-bond acceptors (Lipinski definition) is 3. The Morgan fingerprint density at radius 1 is 1.17 bits per heavy atom. The van der Waals surface area contributed by atoms with Gasteiger partial charge in [-0.25, -0.2) is 0 Å². The SMILES string of the molecule is Cc1cc(I)ccc1NC1=C(Cl)C(=O)N(C2CCCCC2)C1=O. The number of benzene rings is 1. The molecular weight excluding hydrogens is 427 g/mol.